The Balaban J connectivity index is 1.31. The van der Waals surface area contributed by atoms with Gasteiger partial charge in [-0.15, -0.1) is 0 Å². The molecule has 1 fully saturated rings. The molecule has 5 rings (SSSR count). The smallest absolute Gasteiger partial charge is 0.251 e. The van der Waals surface area contributed by atoms with Crippen LogP contribution in [0.4, 0.5) is 5.82 Å². The van der Waals surface area contributed by atoms with Crippen LogP contribution in [-0.2, 0) is 0 Å². The predicted molar refractivity (Wildman–Crippen MR) is 144 cm³/mol. The molecule has 0 spiro atoms. The summed E-state index contributed by atoms with van der Waals surface area (Å²) in [7, 11) is 0. The lowest BCUT2D eigenvalue weighted by molar-refractivity contribution is 0.0926. The quantitative estimate of drug-likeness (QED) is 0.317. The number of nitrogens with one attached hydrogen (secondary N) is 2. The normalized spacial score (nSPS) is 18.6. The van der Waals surface area contributed by atoms with Gasteiger partial charge < -0.3 is 10.6 Å². The molecule has 4 aromatic rings. The minimum Gasteiger partial charge on any atom is -0.367 e. The number of rotatable bonds is 7. The highest BCUT2D eigenvalue weighted by Crippen LogP contribution is 2.29. The van der Waals surface area contributed by atoms with Gasteiger partial charge in [-0.1, -0.05) is 43.6 Å². The summed E-state index contributed by atoms with van der Waals surface area (Å²) in [5, 5.41) is 13.1. The number of carbonyl (C=O) groups is 1. The van der Waals surface area contributed by atoms with Gasteiger partial charge in [-0.25, -0.2) is 14.6 Å². The molecule has 1 atom stereocenters. The Labute approximate surface area is 216 Å². The van der Waals surface area contributed by atoms with Crippen LogP contribution in [-0.4, -0.2) is 37.7 Å². The van der Waals surface area contributed by atoms with E-state index in [1.807, 2.05) is 41.2 Å². The van der Waals surface area contributed by atoms with Gasteiger partial charge in [-0.2, -0.15) is 5.10 Å². The molecule has 1 unspecified atom stereocenters. The largest absolute Gasteiger partial charge is 0.367 e. The van der Waals surface area contributed by atoms with E-state index in [0.29, 0.717) is 10.6 Å². The van der Waals surface area contributed by atoms with Crippen LogP contribution in [0.2, 0.25) is 5.02 Å². The second-order valence-electron chi connectivity index (χ2n) is 9.54. The highest BCUT2D eigenvalue weighted by atomic mass is 35.5. The number of halogens is 1. The van der Waals surface area contributed by atoms with E-state index in [0.717, 1.165) is 60.5 Å². The van der Waals surface area contributed by atoms with Gasteiger partial charge >= 0.3 is 0 Å². The van der Waals surface area contributed by atoms with Crippen LogP contribution >= 0.6 is 11.6 Å². The maximum absolute atomic E-state index is 12.6. The molecule has 1 saturated carbocycles. The monoisotopic (exact) mass is 502 g/mol. The van der Waals surface area contributed by atoms with E-state index in [2.05, 4.69) is 29.6 Å². The van der Waals surface area contributed by atoms with Gasteiger partial charge in [0.05, 0.1) is 17.3 Å². The fraction of sp³-hybridized carbons (Fsp3) is 0.357. The molecule has 2 N–H and O–H groups in total. The van der Waals surface area contributed by atoms with E-state index >= 15 is 0 Å². The van der Waals surface area contributed by atoms with Crippen molar-refractivity contribution >= 4 is 34.4 Å². The van der Waals surface area contributed by atoms with Crippen molar-refractivity contribution in [3.8, 4) is 5.69 Å². The Hall–Kier alpha value is -3.45. The first-order chi connectivity index (χ1) is 17.5. The van der Waals surface area contributed by atoms with Crippen LogP contribution in [0.25, 0.3) is 16.7 Å². The highest BCUT2D eigenvalue weighted by Gasteiger charge is 2.25. The van der Waals surface area contributed by atoms with Gasteiger partial charge in [0.2, 0.25) is 0 Å². The van der Waals surface area contributed by atoms with Crippen molar-refractivity contribution < 1.29 is 4.79 Å². The third kappa shape index (κ3) is 5.21. The summed E-state index contributed by atoms with van der Waals surface area (Å²) in [4.78, 5) is 22.4. The van der Waals surface area contributed by atoms with Crippen LogP contribution in [0.15, 0.2) is 60.8 Å². The summed E-state index contributed by atoms with van der Waals surface area (Å²) < 4.78 is 1.89. The Morgan fingerprint density at radius 3 is 2.42 bits per heavy atom. The molecule has 2 heterocycles. The molecule has 0 bridgehead atoms. The van der Waals surface area contributed by atoms with Gasteiger partial charge in [0, 0.05) is 28.6 Å². The number of nitrogens with zero attached hydrogens (tertiary/aromatic N) is 4. The van der Waals surface area contributed by atoms with Crippen molar-refractivity contribution in [3.05, 3.63) is 77.2 Å². The number of hydrogen-bond acceptors (Lipinski definition) is 5. The Bertz CT molecular complexity index is 1330. The number of anilines is 1. The molecule has 36 heavy (non-hydrogen) atoms. The summed E-state index contributed by atoms with van der Waals surface area (Å²) in [6.07, 6.45) is 6.52. The molecule has 8 heteroatoms. The Morgan fingerprint density at radius 1 is 1.03 bits per heavy atom. The molecule has 0 saturated heterocycles. The molecule has 1 aliphatic rings. The van der Waals surface area contributed by atoms with Gasteiger partial charge in [0.1, 0.15) is 11.6 Å². The highest BCUT2D eigenvalue weighted by molar-refractivity contribution is 6.30. The second kappa shape index (κ2) is 10.7. The van der Waals surface area contributed by atoms with E-state index in [9.17, 15) is 4.79 Å². The first-order valence-corrected chi connectivity index (χ1v) is 13.0. The summed E-state index contributed by atoms with van der Waals surface area (Å²) >= 11 is 5.94. The number of hydrogen-bond donors (Lipinski definition) is 2. The van der Waals surface area contributed by atoms with Gasteiger partial charge in [-0.05, 0) is 68.5 Å². The zero-order valence-electron chi connectivity index (χ0n) is 20.6. The second-order valence-corrected chi connectivity index (χ2v) is 9.98. The van der Waals surface area contributed by atoms with Crippen molar-refractivity contribution in [2.75, 3.05) is 5.32 Å². The lowest BCUT2D eigenvalue weighted by atomic mass is 9.91. The minimum absolute atomic E-state index is 0.0490. The number of fused-ring (bicyclic) bond motifs is 1. The molecule has 0 aliphatic heterocycles. The van der Waals surface area contributed by atoms with Crippen molar-refractivity contribution in [2.45, 2.75) is 64.0 Å². The Morgan fingerprint density at radius 2 is 1.72 bits per heavy atom. The van der Waals surface area contributed by atoms with Crippen LogP contribution in [0, 0.1) is 0 Å². The van der Waals surface area contributed by atoms with Gasteiger partial charge in [0.15, 0.2) is 5.65 Å². The SMILES string of the molecule is CCC(C)c1nc(NC2CCC(NC(=O)c3ccc(Cl)cc3)CC2)c2cnn(-c3ccccc3)c2n1. The summed E-state index contributed by atoms with van der Waals surface area (Å²) in [5.74, 6) is 1.86. The van der Waals surface area contributed by atoms with E-state index in [1.54, 1.807) is 24.3 Å². The minimum atomic E-state index is -0.0490. The van der Waals surface area contributed by atoms with E-state index in [1.165, 1.54) is 0 Å². The third-order valence-corrected chi connectivity index (χ3v) is 7.26. The molecule has 186 valence electrons. The van der Waals surface area contributed by atoms with Crippen LogP contribution in [0.3, 0.4) is 0 Å². The van der Waals surface area contributed by atoms with Crippen LogP contribution in [0.1, 0.15) is 68.1 Å². The zero-order valence-corrected chi connectivity index (χ0v) is 21.4. The third-order valence-electron chi connectivity index (χ3n) is 7.01. The summed E-state index contributed by atoms with van der Waals surface area (Å²) in [5.41, 5.74) is 2.43. The average Bonchev–Trinajstić information content (AvgIpc) is 3.34. The van der Waals surface area contributed by atoms with Crippen molar-refractivity contribution in [1.29, 1.82) is 0 Å². The molecule has 7 nitrogen and oxygen atoms in total. The fourth-order valence-corrected chi connectivity index (χ4v) is 4.77. The molecule has 1 aliphatic carbocycles. The standard InChI is InChI=1S/C28H31ClN6O/c1-3-18(2)25-33-26(24-17-30-35(27(24)34-25)23-7-5-4-6-8-23)31-21-13-15-22(16-14-21)32-28(36)19-9-11-20(29)12-10-19/h4-12,17-18,21-22H,3,13-16H2,1-2H3,(H,32,36)(H,31,33,34). The topological polar surface area (TPSA) is 84.7 Å². The lowest BCUT2D eigenvalue weighted by Gasteiger charge is -2.30. The maximum Gasteiger partial charge on any atom is 0.251 e. The first kappa shape index (κ1) is 24.3. The molecule has 2 aromatic heterocycles. The maximum atomic E-state index is 12.6. The Kier molecular flexibility index (Phi) is 7.18. The molecule has 0 radical (unpaired) electrons. The number of amides is 1. The van der Waals surface area contributed by atoms with E-state index < -0.39 is 0 Å². The number of para-hydroxylation sites is 1. The molecular weight excluding hydrogens is 472 g/mol. The van der Waals surface area contributed by atoms with E-state index in [4.69, 9.17) is 21.6 Å². The van der Waals surface area contributed by atoms with Gasteiger partial charge in [-0.3, -0.25) is 4.79 Å². The summed E-state index contributed by atoms with van der Waals surface area (Å²) in [6.45, 7) is 4.31. The first-order valence-electron chi connectivity index (χ1n) is 12.7. The number of aromatic nitrogens is 4. The van der Waals surface area contributed by atoms with Crippen LogP contribution < -0.4 is 10.6 Å². The average molecular weight is 503 g/mol. The summed E-state index contributed by atoms with van der Waals surface area (Å²) in [6, 6.07) is 17.5. The lowest BCUT2D eigenvalue weighted by Crippen LogP contribution is -2.40. The zero-order chi connectivity index (χ0) is 25.1. The van der Waals surface area contributed by atoms with Crippen molar-refractivity contribution in [2.24, 2.45) is 0 Å². The molecule has 2 aromatic carbocycles. The van der Waals surface area contributed by atoms with E-state index in [-0.39, 0.29) is 23.9 Å². The molecule has 1 amide bonds. The van der Waals surface area contributed by atoms with Crippen LogP contribution in [0.5, 0.6) is 0 Å². The number of benzene rings is 2. The van der Waals surface area contributed by atoms with Crippen molar-refractivity contribution in [3.63, 3.8) is 0 Å². The fourth-order valence-electron chi connectivity index (χ4n) is 4.64. The van der Waals surface area contributed by atoms with Crippen molar-refractivity contribution in [1.82, 2.24) is 25.1 Å². The van der Waals surface area contributed by atoms with Gasteiger partial charge in [0.25, 0.3) is 5.91 Å². The molecular formula is C28H31ClN6O. The number of carbonyl (C=O) groups excluding carboxylic acids is 1. The predicted octanol–water partition coefficient (Wildman–Crippen LogP) is 6.14.